The van der Waals surface area contributed by atoms with Crippen LogP contribution in [0.25, 0.3) is 89.5 Å². The van der Waals surface area contributed by atoms with E-state index in [1.165, 1.54) is 22.3 Å². The molecule has 0 spiro atoms. The van der Waals surface area contributed by atoms with Gasteiger partial charge in [0.1, 0.15) is 11.2 Å². The fourth-order valence-corrected chi connectivity index (χ4v) is 7.84. The van der Waals surface area contributed by atoms with Crippen LogP contribution in [0.3, 0.4) is 0 Å². The minimum Gasteiger partial charge on any atom is -0.456 e. The Morgan fingerprint density at radius 3 is 1.91 bits per heavy atom. The molecule has 9 aromatic rings. The van der Waals surface area contributed by atoms with Gasteiger partial charge in [0, 0.05) is 50.8 Å². The average Bonchev–Trinajstić information content (AvgIpc) is 3.71. The van der Waals surface area contributed by atoms with Gasteiger partial charge in [0.25, 0.3) is 0 Å². The number of nitrogens with zero attached hydrogens (tertiary/aromatic N) is 5. The van der Waals surface area contributed by atoms with Gasteiger partial charge in [-0.15, -0.1) is 0 Å². The summed E-state index contributed by atoms with van der Waals surface area (Å²) in [6.07, 6.45) is 3.65. The normalized spacial score (nSPS) is 12.8. The predicted octanol–water partition coefficient (Wildman–Crippen LogP) is 11.7. The summed E-state index contributed by atoms with van der Waals surface area (Å²) in [7, 11) is 0. The zero-order valence-electron chi connectivity index (χ0n) is 29.6. The fraction of sp³-hybridized carbons (Fsp3) is 0.0625. The van der Waals surface area contributed by atoms with Gasteiger partial charge >= 0.3 is 0 Å². The van der Waals surface area contributed by atoms with Crippen LogP contribution in [0.15, 0.2) is 156 Å². The SMILES string of the molecule is CC1(C)c2ccccc2-c2ccc(-c3nc(-c4ccccc4)nc(-c4cc(-c5cccnc5)cc(-c5ccc6c(c5)oc5cc(C#N)ccc56)c4)n3)cc21. The molecule has 0 N–H and O–H groups in total. The second kappa shape index (κ2) is 12.2. The third kappa shape index (κ3) is 5.17. The summed E-state index contributed by atoms with van der Waals surface area (Å²) in [5.74, 6) is 1.79. The minimum atomic E-state index is -0.161. The first-order valence-corrected chi connectivity index (χ1v) is 17.9. The zero-order chi connectivity index (χ0) is 36.4. The third-order valence-corrected chi connectivity index (χ3v) is 10.6. The first-order chi connectivity index (χ1) is 26.4. The molecule has 1 aliphatic carbocycles. The summed E-state index contributed by atoms with van der Waals surface area (Å²) in [6, 6.07) is 49.8. The van der Waals surface area contributed by atoms with Crippen molar-refractivity contribution in [2.24, 2.45) is 0 Å². The largest absolute Gasteiger partial charge is 0.456 e. The molecule has 0 saturated heterocycles. The maximum Gasteiger partial charge on any atom is 0.164 e. The molecular formula is C48H31N5O. The van der Waals surface area contributed by atoms with Gasteiger partial charge in [0.2, 0.25) is 0 Å². The van der Waals surface area contributed by atoms with Crippen molar-refractivity contribution in [3.05, 3.63) is 169 Å². The van der Waals surface area contributed by atoms with Crippen molar-refractivity contribution in [3.8, 4) is 73.6 Å². The Balaban J connectivity index is 1.16. The van der Waals surface area contributed by atoms with Crippen LogP contribution in [0.1, 0.15) is 30.5 Å². The monoisotopic (exact) mass is 693 g/mol. The van der Waals surface area contributed by atoms with E-state index < -0.39 is 0 Å². The van der Waals surface area contributed by atoms with Crippen LogP contribution >= 0.6 is 0 Å². The van der Waals surface area contributed by atoms with Crippen LogP contribution in [-0.2, 0) is 5.41 Å². The van der Waals surface area contributed by atoms with E-state index in [9.17, 15) is 5.26 Å². The van der Waals surface area contributed by atoms with E-state index in [2.05, 4.69) is 110 Å². The number of rotatable bonds is 5. The van der Waals surface area contributed by atoms with Crippen molar-refractivity contribution >= 4 is 21.9 Å². The van der Waals surface area contributed by atoms with Gasteiger partial charge < -0.3 is 4.42 Å². The van der Waals surface area contributed by atoms with Gasteiger partial charge in [0.15, 0.2) is 17.5 Å². The van der Waals surface area contributed by atoms with Crippen molar-refractivity contribution in [1.82, 2.24) is 19.9 Å². The summed E-state index contributed by atoms with van der Waals surface area (Å²) in [5, 5.41) is 11.4. The molecule has 0 radical (unpaired) electrons. The van der Waals surface area contributed by atoms with Gasteiger partial charge in [-0.05, 0) is 99.6 Å². The molecule has 3 heterocycles. The van der Waals surface area contributed by atoms with E-state index >= 15 is 0 Å². The topological polar surface area (TPSA) is 88.5 Å². The number of benzene rings is 6. The highest BCUT2D eigenvalue weighted by atomic mass is 16.3. The molecule has 0 aliphatic heterocycles. The molecule has 0 fully saturated rings. The van der Waals surface area contributed by atoms with Crippen molar-refractivity contribution < 1.29 is 4.42 Å². The molecule has 3 aromatic heterocycles. The van der Waals surface area contributed by atoms with Gasteiger partial charge in [0.05, 0.1) is 11.6 Å². The molecule has 0 saturated carbocycles. The molecule has 0 amide bonds. The molecule has 1 aliphatic rings. The molecule has 54 heavy (non-hydrogen) atoms. The molecule has 0 bridgehead atoms. The van der Waals surface area contributed by atoms with Crippen LogP contribution in [0.5, 0.6) is 0 Å². The summed E-state index contributed by atoms with van der Waals surface area (Å²) in [5.41, 5.74) is 13.6. The van der Waals surface area contributed by atoms with Gasteiger partial charge in [-0.1, -0.05) is 92.7 Å². The van der Waals surface area contributed by atoms with Gasteiger partial charge in [-0.25, -0.2) is 15.0 Å². The highest BCUT2D eigenvalue weighted by Crippen LogP contribution is 2.49. The van der Waals surface area contributed by atoms with Crippen LogP contribution < -0.4 is 0 Å². The Morgan fingerprint density at radius 1 is 0.500 bits per heavy atom. The quantitative estimate of drug-likeness (QED) is 0.178. The number of nitriles is 1. The molecule has 6 heteroatoms. The first-order valence-electron chi connectivity index (χ1n) is 17.9. The van der Waals surface area contributed by atoms with E-state index in [-0.39, 0.29) is 5.41 Å². The standard InChI is InChI=1S/C48H31N5O/c1-48(2)41-13-7-6-12-37(41)38-18-16-32(25-42(38)48)46-51-45(30-9-4-3-5-10-30)52-47(53-46)36-23-34(22-35(24-36)33-11-8-20-50-28-33)31-15-19-40-39-17-14-29(27-49)21-43(39)54-44(40)26-31/h3-26,28H,1-2H3. The molecule has 254 valence electrons. The summed E-state index contributed by atoms with van der Waals surface area (Å²) in [4.78, 5) is 19.8. The number of furan rings is 1. The number of fused-ring (bicyclic) bond motifs is 6. The van der Waals surface area contributed by atoms with Crippen LogP contribution in [0.4, 0.5) is 0 Å². The highest BCUT2D eigenvalue weighted by molar-refractivity contribution is 6.06. The first kappa shape index (κ1) is 31.5. The Labute approximate surface area is 312 Å². The summed E-state index contributed by atoms with van der Waals surface area (Å²) < 4.78 is 6.29. The number of aromatic nitrogens is 4. The second-order valence-electron chi connectivity index (χ2n) is 14.3. The molecule has 6 nitrogen and oxygen atoms in total. The molecule has 0 unspecified atom stereocenters. The Morgan fingerprint density at radius 2 is 1.13 bits per heavy atom. The Hall–Kier alpha value is -7.23. The lowest BCUT2D eigenvalue weighted by molar-refractivity contribution is 0.660. The van der Waals surface area contributed by atoms with Crippen LogP contribution in [-0.4, -0.2) is 19.9 Å². The zero-order valence-corrected chi connectivity index (χ0v) is 29.6. The second-order valence-corrected chi connectivity index (χ2v) is 14.3. The van der Waals surface area contributed by atoms with E-state index in [0.717, 1.165) is 55.3 Å². The van der Waals surface area contributed by atoms with E-state index in [0.29, 0.717) is 28.6 Å². The lowest BCUT2D eigenvalue weighted by atomic mass is 9.82. The molecular weight excluding hydrogens is 663 g/mol. The molecule has 10 rings (SSSR count). The fourth-order valence-electron chi connectivity index (χ4n) is 7.84. The Bertz CT molecular complexity index is 2980. The molecule has 6 aromatic carbocycles. The summed E-state index contributed by atoms with van der Waals surface area (Å²) >= 11 is 0. The van der Waals surface area contributed by atoms with Crippen molar-refractivity contribution in [1.29, 1.82) is 5.26 Å². The number of hydrogen-bond donors (Lipinski definition) is 0. The predicted molar refractivity (Wildman–Crippen MR) is 214 cm³/mol. The van der Waals surface area contributed by atoms with E-state index in [1.807, 2.05) is 54.7 Å². The van der Waals surface area contributed by atoms with Crippen LogP contribution in [0.2, 0.25) is 0 Å². The van der Waals surface area contributed by atoms with E-state index in [4.69, 9.17) is 19.4 Å². The smallest absolute Gasteiger partial charge is 0.164 e. The maximum atomic E-state index is 9.45. The number of hydrogen-bond acceptors (Lipinski definition) is 6. The molecule has 0 atom stereocenters. The van der Waals surface area contributed by atoms with Gasteiger partial charge in [-0.2, -0.15) is 5.26 Å². The van der Waals surface area contributed by atoms with Crippen molar-refractivity contribution in [2.75, 3.05) is 0 Å². The van der Waals surface area contributed by atoms with Gasteiger partial charge in [-0.3, -0.25) is 4.98 Å². The van der Waals surface area contributed by atoms with Crippen molar-refractivity contribution in [2.45, 2.75) is 19.3 Å². The summed E-state index contributed by atoms with van der Waals surface area (Å²) in [6.45, 7) is 4.57. The highest BCUT2D eigenvalue weighted by Gasteiger charge is 2.35. The minimum absolute atomic E-state index is 0.161. The maximum absolute atomic E-state index is 9.45. The lowest BCUT2D eigenvalue weighted by Gasteiger charge is -2.21. The number of pyridine rings is 1. The average molecular weight is 694 g/mol. The van der Waals surface area contributed by atoms with Crippen LogP contribution in [0, 0.1) is 11.3 Å². The van der Waals surface area contributed by atoms with E-state index in [1.54, 1.807) is 12.3 Å². The van der Waals surface area contributed by atoms with Crippen molar-refractivity contribution in [3.63, 3.8) is 0 Å². The Kier molecular flexibility index (Phi) is 7.11. The lowest BCUT2D eigenvalue weighted by Crippen LogP contribution is -2.15. The third-order valence-electron chi connectivity index (χ3n) is 10.6.